The highest BCUT2D eigenvalue weighted by Crippen LogP contribution is 2.34. The van der Waals surface area contributed by atoms with Crippen LogP contribution >= 0.6 is 22.3 Å². The molecule has 0 atom stereocenters. The predicted molar refractivity (Wildman–Crippen MR) is 59.1 cm³/mol. The van der Waals surface area contributed by atoms with E-state index in [1.165, 1.54) is 0 Å². The standard InChI is InChI=1S/C9H8Cl2O3S/c10-8-3-6-1-2-14-9(6)7(4-8)5-15(11,12)13/h3-4H,1-2,5H2. The average Bonchev–Trinajstić information content (AvgIpc) is 2.48. The van der Waals surface area contributed by atoms with E-state index < -0.39 is 9.05 Å². The predicted octanol–water partition coefficient (Wildman–Crippen LogP) is 2.34. The van der Waals surface area contributed by atoms with Crippen molar-refractivity contribution in [1.29, 1.82) is 0 Å². The molecule has 0 fully saturated rings. The van der Waals surface area contributed by atoms with E-state index >= 15 is 0 Å². The molecule has 15 heavy (non-hydrogen) atoms. The van der Waals surface area contributed by atoms with E-state index in [0.717, 1.165) is 12.0 Å². The maximum atomic E-state index is 11.0. The van der Waals surface area contributed by atoms with Crippen molar-refractivity contribution in [3.63, 3.8) is 0 Å². The summed E-state index contributed by atoms with van der Waals surface area (Å²) >= 11 is 5.86. The Hall–Kier alpha value is -0.450. The summed E-state index contributed by atoms with van der Waals surface area (Å²) in [6.07, 6.45) is 0.755. The molecule has 0 aliphatic carbocycles. The Labute approximate surface area is 97.4 Å². The van der Waals surface area contributed by atoms with Gasteiger partial charge in [0.25, 0.3) is 0 Å². The van der Waals surface area contributed by atoms with Crippen molar-refractivity contribution in [2.45, 2.75) is 12.2 Å². The molecule has 3 nitrogen and oxygen atoms in total. The number of ether oxygens (including phenoxy) is 1. The van der Waals surface area contributed by atoms with Crippen molar-refractivity contribution >= 4 is 31.3 Å². The molecule has 0 N–H and O–H groups in total. The van der Waals surface area contributed by atoms with Crippen LogP contribution in [-0.2, 0) is 21.2 Å². The first kappa shape index (κ1) is 11.0. The second-order valence-corrected chi connectivity index (χ2v) is 6.55. The second kappa shape index (κ2) is 3.85. The Balaban J connectivity index is 2.47. The van der Waals surface area contributed by atoms with Crippen LogP contribution in [-0.4, -0.2) is 15.0 Å². The first-order chi connectivity index (χ1) is 6.96. The quantitative estimate of drug-likeness (QED) is 0.772. The number of hydrogen-bond acceptors (Lipinski definition) is 3. The number of rotatable bonds is 2. The molecule has 1 aromatic carbocycles. The van der Waals surface area contributed by atoms with Crippen molar-refractivity contribution < 1.29 is 13.2 Å². The van der Waals surface area contributed by atoms with Gasteiger partial charge in [0.15, 0.2) is 0 Å². The molecule has 82 valence electrons. The molecular formula is C9H8Cl2O3S. The third-order valence-electron chi connectivity index (χ3n) is 2.15. The molecule has 0 unspecified atom stereocenters. The molecular weight excluding hydrogens is 259 g/mol. The first-order valence-electron chi connectivity index (χ1n) is 4.32. The summed E-state index contributed by atoms with van der Waals surface area (Å²) in [5.74, 6) is 0.362. The summed E-state index contributed by atoms with van der Waals surface area (Å²) in [5, 5.41) is 0.509. The average molecular weight is 267 g/mol. The smallest absolute Gasteiger partial charge is 0.236 e. The molecule has 0 amide bonds. The lowest BCUT2D eigenvalue weighted by atomic mass is 10.1. The molecule has 0 radical (unpaired) electrons. The number of benzene rings is 1. The van der Waals surface area contributed by atoms with Crippen LogP contribution in [0, 0.1) is 0 Å². The Morgan fingerprint density at radius 3 is 2.80 bits per heavy atom. The van der Waals surface area contributed by atoms with Crippen molar-refractivity contribution in [2.75, 3.05) is 6.61 Å². The highest BCUT2D eigenvalue weighted by atomic mass is 35.7. The van der Waals surface area contributed by atoms with Gasteiger partial charge in [0.1, 0.15) is 5.75 Å². The normalized spacial score (nSPS) is 14.8. The summed E-state index contributed by atoms with van der Waals surface area (Å²) < 4.78 is 27.3. The van der Waals surface area contributed by atoms with E-state index in [1.807, 2.05) is 0 Å². The molecule has 0 saturated carbocycles. The zero-order valence-corrected chi connectivity index (χ0v) is 9.99. The maximum Gasteiger partial charge on any atom is 0.236 e. The number of halogens is 2. The van der Waals surface area contributed by atoms with Gasteiger partial charge in [-0.1, -0.05) is 11.6 Å². The highest BCUT2D eigenvalue weighted by molar-refractivity contribution is 8.13. The van der Waals surface area contributed by atoms with E-state index in [4.69, 9.17) is 27.0 Å². The molecule has 0 bridgehead atoms. The van der Waals surface area contributed by atoms with Crippen LogP contribution in [0.1, 0.15) is 11.1 Å². The van der Waals surface area contributed by atoms with Crippen molar-refractivity contribution in [2.24, 2.45) is 0 Å². The summed E-state index contributed by atoms with van der Waals surface area (Å²) in [6, 6.07) is 3.36. The Bertz CT molecular complexity index is 496. The van der Waals surface area contributed by atoms with E-state index in [9.17, 15) is 8.42 Å². The summed E-state index contributed by atoms with van der Waals surface area (Å²) in [4.78, 5) is 0. The van der Waals surface area contributed by atoms with Crippen LogP contribution < -0.4 is 4.74 Å². The minimum absolute atomic E-state index is 0.253. The molecule has 1 aliphatic rings. The first-order valence-corrected chi connectivity index (χ1v) is 7.18. The van der Waals surface area contributed by atoms with Gasteiger partial charge < -0.3 is 4.74 Å². The summed E-state index contributed by atoms with van der Waals surface area (Å²) in [6.45, 7) is 0.561. The Morgan fingerprint density at radius 2 is 2.13 bits per heavy atom. The molecule has 0 spiro atoms. The maximum absolute atomic E-state index is 11.0. The minimum atomic E-state index is -3.58. The molecule has 2 rings (SSSR count). The summed E-state index contributed by atoms with van der Waals surface area (Å²) in [7, 11) is 1.61. The molecule has 0 saturated heterocycles. The topological polar surface area (TPSA) is 43.4 Å². The number of fused-ring (bicyclic) bond motifs is 1. The lowest BCUT2D eigenvalue weighted by molar-refractivity contribution is 0.354. The lowest BCUT2D eigenvalue weighted by Gasteiger charge is -2.06. The van der Waals surface area contributed by atoms with Gasteiger partial charge in [0, 0.05) is 27.7 Å². The molecule has 1 heterocycles. The van der Waals surface area contributed by atoms with Crippen LogP contribution in [0.4, 0.5) is 0 Å². The Kier molecular flexibility index (Phi) is 2.83. The van der Waals surface area contributed by atoms with Crippen LogP contribution in [0.3, 0.4) is 0 Å². The third kappa shape index (κ3) is 2.56. The highest BCUT2D eigenvalue weighted by Gasteiger charge is 2.20. The molecule has 0 aromatic heterocycles. The van der Waals surface area contributed by atoms with Crippen molar-refractivity contribution in [3.05, 3.63) is 28.3 Å². The fraction of sp³-hybridized carbons (Fsp3) is 0.333. The summed E-state index contributed by atoms with van der Waals surface area (Å²) in [5.41, 5.74) is 1.47. The SMILES string of the molecule is O=S(=O)(Cl)Cc1cc(Cl)cc2c1OCC2. The van der Waals surface area contributed by atoms with Gasteiger partial charge in [-0.15, -0.1) is 0 Å². The lowest BCUT2D eigenvalue weighted by Crippen LogP contribution is -1.98. The van der Waals surface area contributed by atoms with Crippen LogP contribution in [0.5, 0.6) is 5.75 Å². The Morgan fingerprint density at radius 1 is 1.40 bits per heavy atom. The van der Waals surface area contributed by atoms with E-state index in [2.05, 4.69) is 0 Å². The molecule has 1 aromatic rings. The van der Waals surface area contributed by atoms with Gasteiger partial charge in [-0.25, -0.2) is 8.42 Å². The third-order valence-corrected chi connectivity index (χ3v) is 3.35. The van der Waals surface area contributed by atoms with E-state index in [0.29, 0.717) is 22.9 Å². The van der Waals surface area contributed by atoms with Gasteiger partial charge in [-0.05, 0) is 17.7 Å². The van der Waals surface area contributed by atoms with Crippen LogP contribution in [0.25, 0.3) is 0 Å². The van der Waals surface area contributed by atoms with E-state index in [-0.39, 0.29) is 5.75 Å². The van der Waals surface area contributed by atoms with Crippen molar-refractivity contribution in [3.8, 4) is 5.75 Å². The number of hydrogen-bond donors (Lipinski definition) is 0. The fourth-order valence-corrected chi connectivity index (χ4v) is 2.84. The van der Waals surface area contributed by atoms with Gasteiger partial charge in [-0.3, -0.25) is 0 Å². The van der Waals surface area contributed by atoms with Crippen molar-refractivity contribution in [1.82, 2.24) is 0 Å². The minimum Gasteiger partial charge on any atom is -0.493 e. The monoisotopic (exact) mass is 266 g/mol. The van der Waals surface area contributed by atoms with Crippen LogP contribution in [0.2, 0.25) is 5.02 Å². The fourth-order valence-electron chi connectivity index (χ4n) is 1.64. The van der Waals surface area contributed by atoms with Gasteiger partial charge >= 0.3 is 0 Å². The zero-order chi connectivity index (χ0) is 11.1. The van der Waals surface area contributed by atoms with Crippen LogP contribution in [0.15, 0.2) is 12.1 Å². The van der Waals surface area contributed by atoms with Gasteiger partial charge in [0.2, 0.25) is 9.05 Å². The van der Waals surface area contributed by atoms with Gasteiger partial charge in [-0.2, -0.15) is 0 Å². The largest absolute Gasteiger partial charge is 0.493 e. The second-order valence-electron chi connectivity index (χ2n) is 3.33. The van der Waals surface area contributed by atoms with Gasteiger partial charge in [0.05, 0.1) is 12.4 Å². The van der Waals surface area contributed by atoms with E-state index in [1.54, 1.807) is 12.1 Å². The zero-order valence-electron chi connectivity index (χ0n) is 7.66. The molecule has 1 aliphatic heterocycles. The molecule has 6 heteroatoms.